The lowest BCUT2D eigenvalue weighted by molar-refractivity contribution is 0.822. The number of hydrogen-bond acceptors (Lipinski definition) is 2. The van der Waals surface area contributed by atoms with Crippen LogP contribution in [-0.4, -0.2) is 22.0 Å². The third-order valence-corrected chi connectivity index (χ3v) is 4.98. The summed E-state index contributed by atoms with van der Waals surface area (Å²) in [6.07, 6.45) is 2.97. The lowest BCUT2D eigenvalue weighted by Crippen LogP contribution is -2.04. The monoisotopic (exact) mass is 146 g/mol. The Morgan fingerprint density at radius 1 is 0.875 bits per heavy atom. The molecule has 46 valence electrons. The standard InChI is InChI=1S/C6H10S2/c1-3-7-6-2-4-8-5(1)6/h5-6H,1-4H2. The second-order valence-electron chi connectivity index (χ2n) is 2.40. The average Bonchev–Trinajstić information content (AvgIpc) is 2.15. The van der Waals surface area contributed by atoms with Gasteiger partial charge in [0.2, 0.25) is 0 Å². The molecule has 2 fully saturated rings. The number of rotatable bonds is 0. The molecule has 0 radical (unpaired) electrons. The van der Waals surface area contributed by atoms with Crippen molar-refractivity contribution in [1.29, 1.82) is 0 Å². The number of thioether (sulfide) groups is 2. The molecule has 0 aromatic carbocycles. The SMILES string of the molecule is C1CC2SCCC2S1. The fourth-order valence-corrected chi connectivity index (χ4v) is 4.85. The Kier molecular flexibility index (Phi) is 1.47. The van der Waals surface area contributed by atoms with Crippen molar-refractivity contribution in [2.24, 2.45) is 0 Å². The van der Waals surface area contributed by atoms with E-state index in [0.29, 0.717) is 0 Å². The van der Waals surface area contributed by atoms with Crippen molar-refractivity contribution >= 4 is 23.5 Å². The van der Waals surface area contributed by atoms with Gasteiger partial charge in [0.05, 0.1) is 0 Å². The van der Waals surface area contributed by atoms with Crippen molar-refractivity contribution < 1.29 is 0 Å². The van der Waals surface area contributed by atoms with Gasteiger partial charge in [-0.3, -0.25) is 0 Å². The minimum Gasteiger partial charge on any atom is -0.157 e. The van der Waals surface area contributed by atoms with Gasteiger partial charge < -0.3 is 0 Å². The van der Waals surface area contributed by atoms with Gasteiger partial charge in [-0.1, -0.05) is 0 Å². The van der Waals surface area contributed by atoms with E-state index in [1.54, 1.807) is 0 Å². The van der Waals surface area contributed by atoms with Crippen LogP contribution < -0.4 is 0 Å². The quantitative estimate of drug-likeness (QED) is 0.512. The normalized spacial score (nSPS) is 45.0. The second-order valence-corrected chi connectivity index (χ2v) is 5.09. The fourth-order valence-electron chi connectivity index (χ4n) is 1.42. The molecule has 2 aliphatic heterocycles. The van der Waals surface area contributed by atoms with Gasteiger partial charge in [0.1, 0.15) is 0 Å². The van der Waals surface area contributed by atoms with Gasteiger partial charge in [-0.2, -0.15) is 23.5 Å². The first-order valence-electron chi connectivity index (χ1n) is 3.20. The Morgan fingerprint density at radius 3 is 1.88 bits per heavy atom. The lowest BCUT2D eigenvalue weighted by atomic mass is 10.2. The molecule has 2 rings (SSSR count). The summed E-state index contributed by atoms with van der Waals surface area (Å²) in [5.41, 5.74) is 0. The molecule has 0 aliphatic carbocycles. The molecule has 8 heavy (non-hydrogen) atoms. The molecule has 0 bridgehead atoms. The van der Waals surface area contributed by atoms with Gasteiger partial charge in [0, 0.05) is 10.5 Å². The average molecular weight is 146 g/mol. The Morgan fingerprint density at radius 2 is 1.38 bits per heavy atom. The summed E-state index contributed by atoms with van der Waals surface area (Å²) in [5.74, 6) is 2.87. The van der Waals surface area contributed by atoms with Crippen LogP contribution in [0.15, 0.2) is 0 Å². The van der Waals surface area contributed by atoms with Crippen LogP contribution in [0.1, 0.15) is 12.8 Å². The van der Waals surface area contributed by atoms with Crippen LogP contribution in [0.5, 0.6) is 0 Å². The molecule has 2 heterocycles. The molecule has 0 N–H and O–H groups in total. The molecule has 0 aromatic rings. The molecule has 0 saturated carbocycles. The molecule has 2 saturated heterocycles. The molecule has 2 unspecified atom stereocenters. The molecule has 0 nitrogen and oxygen atoms in total. The van der Waals surface area contributed by atoms with Crippen LogP contribution in [0.3, 0.4) is 0 Å². The van der Waals surface area contributed by atoms with Crippen molar-refractivity contribution in [2.75, 3.05) is 11.5 Å². The Balaban J connectivity index is 2.04. The van der Waals surface area contributed by atoms with Crippen molar-refractivity contribution in [3.8, 4) is 0 Å². The summed E-state index contributed by atoms with van der Waals surface area (Å²) in [5, 5.41) is 2.11. The second kappa shape index (κ2) is 2.14. The number of fused-ring (bicyclic) bond motifs is 1. The van der Waals surface area contributed by atoms with Crippen molar-refractivity contribution in [3.05, 3.63) is 0 Å². The van der Waals surface area contributed by atoms with E-state index in [4.69, 9.17) is 0 Å². The molecule has 0 aromatic heterocycles. The van der Waals surface area contributed by atoms with Gasteiger partial charge in [0.25, 0.3) is 0 Å². The first-order valence-corrected chi connectivity index (χ1v) is 5.30. The van der Waals surface area contributed by atoms with Gasteiger partial charge >= 0.3 is 0 Å². The zero-order chi connectivity index (χ0) is 5.40. The Labute approximate surface area is 58.8 Å². The van der Waals surface area contributed by atoms with Gasteiger partial charge in [-0.25, -0.2) is 0 Å². The maximum Gasteiger partial charge on any atom is 0.0174 e. The minimum absolute atomic E-state index is 1.06. The van der Waals surface area contributed by atoms with Crippen molar-refractivity contribution in [3.63, 3.8) is 0 Å². The van der Waals surface area contributed by atoms with E-state index in [9.17, 15) is 0 Å². The summed E-state index contributed by atoms with van der Waals surface area (Å²) in [7, 11) is 0. The highest BCUT2D eigenvalue weighted by molar-refractivity contribution is 8.05. The predicted molar refractivity (Wildman–Crippen MR) is 41.7 cm³/mol. The first kappa shape index (κ1) is 5.48. The topological polar surface area (TPSA) is 0 Å². The van der Waals surface area contributed by atoms with E-state index in [1.807, 2.05) is 0 Å². The van der Waals surface area contributed by atoms with E-state index in [1.165, 1.54) is 24.3 Å². The smallest absolute Gasteiger partial charge is 0.0174 e. The predicted octanol–water partition coefficient (Wildman–Crippen LogP) is 2.00. The summed E-state index contributed by atoms with van der Waals surface area (Å²) in [4.78, 5) is 0. The minimum atomic E-state index is 1.06. The van der Waals surface area contributed by atoms with Crippen LogP contribution in [0.4, 0.5) is 0 Å². The van der Waals surface area contributed by atoms with Crippen LogP contribution in [0, 0.1) is 0 Å². The third kappa shape index (κ3) is 0.781. The van der Waals surface area contributed by atoms with E-state index in [-0.39, 0.29) is 0 Å². The molecular weight excluding hydrogens is 136 g/mol. The van der Waals surface area contributed by atoms with E-state index < -0.39 is 0 Å². The third-order valence-electron chi connectivity index (χ3n) is 1.88. The fraction of sp³-hybridized carbons (Fsp3) is 1.00. The summed E-state index contributed by atoms with van der Waals surface area (Å²) in [6, 6.07) is 0. The van der Waals surface area contributed by atoms with E-state index >= 15 is 0 Å². The van der Waals surface area contributed by atoms with Crippen LogP contribution in [0.2, 0.25) is 0 Å². The molecule has 0 spiro atoms. The zero-order valence-corrected chi connectivity index (χ0v) is 6.43. The van der Waals surface area contributed by atoms with Crippen molar-refractivity contribution in [2.45, 2.75) is 23.3 Å². The molecule has 0 amide bonds. The van der Waals surface area contributed by atoms with Gasteiger partial charge in [-0.05, 0) is 24.3 Å². The summed E-state index contributed by atoms with van der Waals surface area (Å²) >= 11 is 4.38. The van der Waals surface area contributed by atoms with Crippen LogP contribution in [0.25, 0.3) is 0 Å². The Hall–Kier alpha value is 0.700. The maximum atomic E-state index is 2.19. The molecule has 2 heteroatoms. The zero-order valence-electron chi connectivity index (χ0n) is 4.80. The van der Waals surface area contributed by atoms with Crippen LogP contribution in [-0.2, 0) is 0 Å². The molecule has 2 atom stereocenters. The lowest BCUT2D eigenvalue weighted by Gasteiger charge is -2.02. The summed E-state index contributed by atoms with van der Waals surface area (Å²) in [6.45, 7) is 0. The van der Waals surface area contributed by atoms with E-state index in [0.717, 1.165) is 10.5 Å². The number of hydrogen-bond donors (Lipinski definition) is 0. The molecule has 2 aliphatic rings. The van der Waals surface area contributed by atoms with Gasteiger partial charge in [-0.15, -0.1) is 0 Å². The van der Waals surface area contributed by atoms with Crippen molar-refractivity contribution in [1.82, 2.24) is 0 Å². The largest absolute Gasteiger partial charge is 0.157 e. The van der Waals surface area contributed by atoms with Gasteiger partial charge in [0.15, 0.2) is 0 Å². The highest BCUT2D eigenvalue weighted by atomic mass is 32.2. The molecular formula is C6H10S2. The first-order chi connectivity index (χ1) is 3.97. The Bertz CT molecular complexity index is 72.5. The summed E-state index contributed by atoms with van der Waals surface area (Å²) < 4.78 is 0. The highest BCUT2D eigenvalue weighted by Gasteiger charge is 2.32. The maximum absolute atomic E-state index is 2.19. The highest BCUT2D eigenvalue weighted by Crippen LogP contribution is 2.42. The van der Waals surface area contributed by atoms with E-state index in [2.05, 4.69) is 23.5 Å². The van der Waals surface area contributed by atoms with Crippen LogP contribution >= 0.6 is 23.5 Å².